The molecule has 272 valence electrons. The smallest absolute Gasteiger partial charge is 0.332 e. The number of esters is 1. The highest BCUT2D eigenvalue weighted by atomic mass is 28.4. The third-order valence-corrected chi connectivity index (χ3v) is 22.3. The Kier molecular flexibility index (Phi) is 11.6. The molecule has 48 heavy (non-hydrogen) atoms. The average Bonchev–Trinajstić information content (AvgIpc) is 3.53. The van der Waals surface area contributed by atoms with Crippen LogP contribution >= 0.6 is 0 Å². The van der Waals surface area contributed by atoms with E-state index in [4.69, 9.17) is 24.9 Å². The van der Waals surface area contributed by atoms with Gasteiger partial charge < -0.3 is 18.3 Å². The highest BCUT2D eigenvalue weighted by Gasteiger charge is 2.52. The Morgan fingerprint density at radius 1 is 0.958 bits per heavy atom. The minimum absolute atomic E-state index is 0.0277. The molecule has 4 aliphatic carbocycles. The number of hydrogen-bond donors (Lipinski definition) is 0. The summed E-state index contributed by atoms with van der Waals surface area (Å²) < 4.78 is 27.4. The van der Waals surface area contributed by atoms with Gasteiger partial charge in [-0.05, 0) is 123 Å². The lowest BCUT2D eigenvalue weighted by Gasteiger charge is -2.51. The second-order valence-electron chi connectivity index (χ2n) is 19.0. The molecule has 4 atom stereocenters. The van der Waals surface area contributed by atoms with Crippen LogP contribution in [0.2, 0.25) is 36.3 Å². The fourth-order valence-electron chi connectivity index (χ4n) is 8.12. The summed E-state index contributed by atoms with van der Waals surface area (Å²) in [4.78, 5) is 13.4. The Hall–Kier alpha value is -1.26. The van der Waals surface area contributed by atoms with Gasteiger partial charge in [0.1, 0.15) is 12.2 Å². The second-order valence-corrected chi connectivity index (χ2v) is 28.5. The molecule has 7 heteroatoms. The SMILES string of the molecule is C=C1C(=CC=C2CCC[C@]3(C)C(CC)=CC[C@@H]23)C[C@@](OCC(=O)OC2(C)CCCC2)(O[Si](C)(C)C(C)(C)C)C[C@@H]1O[Si](C)(C)C(C)(C)C. The molecule has 0 N–H and O–H groups in total. The Morgan fingerprint density at radius 2 is 1.58 bits per heavy atom. The van der Waals surface area contributed by atoms with Crippen LogP contribution in [-0.4, -0.2) is 46.7 Å². The summed E-state index contributed by atoms with van der Waals surface area (Å²) >= 11 is 0. The monoisotopic (exact) mass is 698 g/mol. The van der Waals surface area contributed by atoms with Gasteiger partial charge in [0.25, 0.3) is 0 Å². The van der Waals surface area contributed by atoms with Gasteiger partial charge in [-0.15, -0.1) is 0 Å². The van der Waals surface area contributed by atoms with Crippen LogP contribution in [-0.2, 0) is 23.1 Å². The molecule has 4 aliphatic rings. The molecule has 0 amide bonds. The lowest BCUT2D eigenvalue weighted by Crippen LogP contribution is -2.56. The molecule has 3 saturated carbocycles. The molecule has 0 aromatic rings. The summed E-state index contributed by atoms with van der Waals surface area (Å²) in [6.45, 7) is 34.2. The van der Waals surface area contributed by atoms with Crippen molar-refractivity contribution in [2.45, 2.75) is 187 Å². The summed E-state index contributed by atoms with van der Waals surface area (Å²) in [7, 11) is -4.56. The maximum atomic E-state index is 13.4. The van der Waals surface area contributed by atoms with Crippen LogP contribution in [0.3, 0.4) is 0 Å². The minimum atomic E-state index is -2.36. The van der Waals surface area contributed by atoms with Gasteiger partial charge in [-0.3, -0.25) is 0 Å². The topological polar surface area (TPSA) is 54.0 Å². The molecule has 5 nitrogen and oxygen atoms in total. The number of allylic oxidation sites excluding steroid dienone is 5. The summed E-state index contributed by atoms with van der Waals surface area (Å²) in [6, 6.07) is 0. The van der Waals surface area contributed by atoms with Gasteiger partial charge in [0, 0.05) is 12.8 Å². The molecule has 0 heterocycles. The molecule has 0 aromatic heterocycles. The minimum Gasteiger partial charge on any atom is -0.458 e. The Balaban J connectivity index is 1.74. The highest BCUT2D eigenvalue weighted by molar-refractivity contribution is 6.74. The van der Waals surface area contributed by atoms with Crippen LogP contribution in [0.25, 0.3) is 0 Å². The second kappa shape index (κ2) is 14.0. The van der Waals surface area contributed by atoms with Crippen molar-refractivity contribution in [1.29, 1.82) is 0 Å². The first kappa shape index (κ1) is 39.5. The first-order chi connectivity index (χ1) is 22.0. The normalized spacial score (nSPS) is 31.7. The van der Waals surface area contributed by atoms with E-state index in [9.17, 15) is 4.79 Å². The van der Waals surface area contributed by atoms with E-state index in [-0.39, 0.29) is 34.2 Å². The van der Waals surface area contributed by atoms with Crippen molar-refractivity contribution in [2.24, 2.45) is 11.3 Å². The van der Waals surface area contributed by atoms with Crippen molar-refractivity contribution >= 4 is 22.6 Å². The van der Waals surface area contributed by atoms with E-state index in [2.05, 4.69) is 107 Å². The molecule has 0 bridgehead atoms. The highest BCUT2D eigenvalue weighted by Crippen LogP contribution is 2.56. The van der Waals surface area contributed by atoms with Crippen LogP contribution in [0.15, 0.2) is 47.1 Å². The van der Waals surface area contributed by atoms with Gasteiger partial charge in [-0.2, -0.15) is 0 Å². The molecule has 4 rings (SSSR count). The maximum absolute atomic E-state index is 13.4. The van der Waals surface area contributed by atoms with Crippen LogP contribution < -0.4 is 0 Å². The quantitative estimate of drug-likeness (QED) is 0.0984. The summed E-state index contributed by atoms with van der Waals surface area (Å²) in [5.74, 6) is -0.772. The van der Waals surface area contributed by atoms with Crippen molar-refractivity contribution in [1.82, 2.24) is 0 Å². The molecule has 0 saturated heterocycles. The first-order valence-electron chi connectivity index (χ1n) is 19.0. The van der Waals surface area contributed by atoms with Crippen molar-refractivity contribution in [3.05, 3.63) is 47.1 Å². The van der Waals surface area contributed by atoms with Gasteiger partial charge in [0.05, 0.1) is 6.10 Å². The fourth-order valence-corrected chi connectivity index (χ4v) is 10.9. The van der Waals surface area contributed by atoms with Crippen molar-refractivity contribution in [3.8, 4) is 0 Å². The summed E-state index contributed by atoms with van der Waals surface area (Å²) in [6.07, 6.45) is 17.9. The molecular weight excluding hydrogens is 629 g/mol. The van der Waals surface area contributed by atoms with Crippen LogP contribution in [0.4, 0.5) is 0 Å². The number of hydrogen-bond acceptors (Lipinski definition) is 5. The predicted octanol–water partition coefficient (Wildman–Crippen LogP) is 11.7. The van der Waals surface area contributed by atoms with Crippen LogP contribution in [0.5, 0.6) is 0 Å². The molecule has 0 spiro atoms. The Labute approximate surface area is 296 Å². The number of carbonyl (C=O) groups excluding carboxylic acids is 1. The van der Waals surface area contributed by atoms with E-state index < -0.39 is 28.0 Å². The number of carbonyl (C=O) groups is 1. The van der Waals surface area contributed by atoms with Crippen LogP contribution in [0.1, 0.15) is 133 Å². The van der Waals surface area contributed by atoms with E-state index in [0.717, 1.165) is 56.1 Å². The largest absolute Gasteiger partial charge is 0.458 e. The van der Waals surface area contributed by atoms with Crippen molar-refractivity contribution in [3.63, 3.8) is 0 Å². The van der Waals surface area contributed by atoms with Gasteiger partial charge in [0.15, 0.2) is 22.4 Å². The number of ether oxygens (including phenoxy) is 2. The molecular formula is C41H70O5Si2. The third kappa shape index (κ3) is 8.44. The molecule has 0 aromatic carbocycles. The van der Waals surface area contributed by atoms with Crippen molar-refractivity contribution in [2.75, 3.05) is 6.61 Å². The van der Waals surface area contributed by atoms with Gasteiger partial charge in [-0.25, -0.2) is 4.79 Å². The predicted molar refractivity (Wildman–Crippen MR) is 205 cm³/mol. The lowest BCUT2D eigenvalue weighted by atomic mass is 9.64. The Bertz CT molecular complexity index is 1300. The van der Waals surface area contributed by atoms with Gasteiger partial charge >= 0.3 is 5.97 Å². The van der Waals surface area contributed by atoms with Crippen LogP contribution in [0, 0.1) is 11.3 Å². The molecule has 0 aliphatic heterocycles. The zero-order valence-corrected chi connectivity index (χ0v) is 35.1. The zero-order chi connectivity index (χ0) is 36.0. The lowest BCUT2D eigenvalue weighted by molar-refractivity contribution is -0.219. The summed E-state index contributed by atoms with van der Waals surface area (Å²) in [5, 5.41) is -0.0176. The first-order valence-corrected chi connectivity index (χ1v) is 24.8. The standard InChI is InChI=1S/C41H70O5Si2/c1-15-33-22-23-34-31(19-18-26-40(33,34)10)20-21-32-27-41(46-48(13,14)38(6,7)8,43-29-36(42)44-39(9)24-16-17-25-39)28-35(30(32)2)45-47(11,12)37(3,4)5/h20-22,34-35H,2,15-19,23-29H2,1,3-14H3/t34-,35-,40+,41+/m0/s1. The van der Waals surface area contributed by atoms with E-state index in [0.29, 0.717) is 18.8 Å². The summed E-state index contributed by atoms with van der Waals surface area (Å²) in [5.41, 5.74) is 5.17. The maximum Gasteiger partial charge on any atom is 0.332 e. The molecule has 3 fully saturated rings. The van der Waals surface area contributed by atoms with Gasteiger partial charge in [0.2, 0.25) is 0 Å². The van der Waals surface area contributed by atoms with E-state index in [1.54, 1.807) is 11.1 Å². The molecule has 0 unspecified atom stereocenters. The number of fused-ring (bicyclic) bond motifs is 1. The fraction of sp³-hybridized carbons (Fsp3) is 0.780. The average molecular weight is 699 g/mol. The zero-order valence-electron chi connectivity index (χ0n) is 33.1. The van der Waals surface area contributed by atoms with Gasteiger partial charge in [-0.1, -0.05) is 91.3 Å². The van der Waals surface area contributed by atoms with E-state index in [1.165, 1.54) is 12.8 Å². The van der Waals surface area contributed by atoms with E-state index >= 15 is 0 Å². The van der Waals surface area contributed by atoms with Crippen molar-refractivity contribution < 1.29 is 23.1 Å². The number of rotatable bonds is 10. The molecule has 0 radical (unpaired) electrons. The third-order valence-electron chi connectivity index (χ3n) is 13.3. The Morgan fingerprint density at radius 3 is 2.17 bits per heavy atom. The van der Waals surface area contributed by atoms with E-state index in [1.807, 2.05) is 0 Å².